The molecule has 0 saturated heterocycles. The highest BCUT2D eigenvalue weighted by atomic mass is 127. The Bertz CT molecular complexity index is 954. The summed E-state index contributed by atoms with van der Waals surface area (Å²) in [6.45, 7) is 6.07. The molecular formula is C22H29IN6O. The fourth-order valence-corrected chi connectivity index (χ4v) is 3.07. The van der Waals surface area contributed by atoms with E-state index in [2.05, 4.69) is 39.2 Å². The first kappa shape index (κ1) is 23.7. The molecule has 0 spiro atoms. The van der Waals surface area contributed by atoms with Gasteiger partial charge in [-0.3, -0.25) is 4.57 Å². The number of aryl methyl sites for hydroxylation is 1. The Kier molecular flexibility index (Phi) is 9.10. The standard InChI is InChI=1S/C22H28N6O.HI/c1-5-23-22(27(3)16-19-8-6-7-9-20(19)29-4)26-15-18-10-11-21(25-14-18)28-13-12-24-17(28)2;/h6-14H,5,15-16H2,1-4H3,(H,23,26);1H. The largest absolute Gasteiger partial charge is 0.496 e. The predicted octanol–water partition coefficient (Wildman–Crippen LogP) is 3.80. The van der Waals surface area contributed by atoms with Crippen LogP contribution < -0.4 is 10.1 Å². The number of nitrogens with zero attached hydrogens (tertiary/aromatic N) is 5. The molecule has 0 amide bonds. The Labute approximate surface area is 195 Å². The van der Waals surface area contributed by atoms with Crippen LogP contribution in [0.5, 0.6) is 5.75 Å². The van der Waals surface area contributed by atoms with Crippen molar-refractivity contribution in [1.29, 1.82) is 0 Å². The van der Waals surface area contributed by atoms with Crippen LogP contribution in [0.2, 0.25) is 0 Å². The van der Waals surface area contributed by atoms with Gasteiger partial charge in [-0.2, -0.15) is 0 Å². The highest BCUT2D eigenvalue weighted by molar-refractivity contribution is 14.0. The van der Waals surface area contributed by atoms with Crippen molar-refractivity contribution in [3.05, 3.63) is 71.9 Å². The molecule has 0 aliphatic carbocycles. The molecular weight excluding hydrogens is 491 g/mol. The number of nitrogens with one attached hydrogen (secondary N) is 1. The number of aliphatic imine (C=N–C) groups is 1. The molecule has 2 aromatic heterocycles. The summed E-state index contributed by atoms with van der Waals surface area (Å²) in [7, 11) is 3.72. The molecule has 3 aromatic rings. The third kappa shape index (κ3) is 5.94. The second-order valence-electron chi connectivity index (χ2n) is 6.71. The van der Waals surface area contributed by atoms with E-state index in [1.807, 2.05) is 55.2 Å². The predicted molar refractivity (Wildman–Crippen MR) is 131 cm³/mol. The Balaban J connectivity index is 0.00000320. The Hall–Kier alpha value is -2.62. The number of para-hydroxylation sites is 1. The number of rotatable bonds is 7. The van der Waals surface area contributed by atoms with Crippen LogP contribution in [0.4, 0.5) is 0 Å². The molecule has 0 fully saturated rings. The Morgan fingerprint density at radius 3 is 2.63 bits per heavy atom. The minimum absolute atomic E-state index is 0. The summed E-state index contributed by atoms with van der Waals surface area (Å²) in [4.78, 5) is 15.7. The third-order valence-corrected chi connectivity index (χ3v) is 4.59. The van der Waals surface area contributed by atoms with E-state index in [9.17, 15) is 0 Å². The van der Waals surface area contributed by atoms with Crippen molar-refractivity contribution in [2.75, 3.05) is 20.7 Å². The summed E-state index contributed by atoms with van der Waals surface area (Å²) < 4.78 is 7.42. The van der Waals surface area contributed by atoms with E-state index in [4.69, 9.17) is 9.73 Å². The maximum absolute atomic E-state index is 5.46. The maximum atomic E-state index is 5.46. The number of benzene rings is 1. The lowest BCUT2D eigenvalue weighted by Crippen LogP contribution is -2.38. The normalized spacial score (nSPS) is 11.0. The van der Waals surface area contributed by atoms with Gasteiger partial charge in [-0.1, -0.05) is 24.3 Å². The molecule has 2 heterocycles. The van der Waals surface area contributed by atoms with Crippen molar-refractivity contribution in [1.82, 2.24) is 24.8 Å². The van der Waals surface area contributed by atoms with Gasteiger partial charge in [-0.05, 0) is 31.5 Å². The van der Waals surface area contributed by atoms with Gasteiger partial charge in [-0.15, -0.1) is 24.0 Å². The number of guanidine groups is 1. The Morgan fingerprint density at radius 2 is 2.00 bits per heavy atom. The van der Waals surface area contributed by atoms with Gasteiger partial charge < -0.3 is 15.0 Å². The SMILES string of the molecule is CCNC(=NCc1ccc(-n2ccnc2C)nc1)N(C)Cc1ccccc1OC.I. The molecule has 3 rings (SSSR count). The number of methoxy groups -OCH3 is 1. The van der Waals surface area contributed by atoms with E-state index >= 15 is 0 Å². The molecule has 0 radical (unpaired) electrons. The zero-order valence-corrected chi connectivity index (χ0v) is 20.2. The first-order valence-corrected chi connectivity index (χ1v) is 9.69. The van der Waals surface area contributed by atoms with Crippen LogP contribution in [0.25, 0.3) is 5.82 Å². The van der Waals surface area contributed by atoms with E-state index in [1.54, 1.807) is 13.3 Å². The van der Waals surface area contributed by atoms with Gasteiger partial charge >= 0.3 is 0 Å². The molecule has 30 heavy (non-hydrogen) atoms. The van der Waals surface area contributed by atoms with E-state index in [0.717, 1.165) is 41.0 Å². The van der Waals surface area contributed by atoms with Gasteiger partial charge in [0.05, 0.1) is 13.7 Å². The quantitative estimate of drug-likeness (QED) is 0.292. The van der Waals surface area contributed by atoms with Crippen LogP contribution in [0.15, 0.2) is 60.0 Å². The van der Waals surface area contributed by atoms with Gasteiger partial charge in [0.2, 0.25) is 0 Å². The van der Waals surface area contributed by atoms with E-state index in [-0.39, 0.29) is 24.0 Å². The van der Waals surface area contributed by atoms with Crippen LogP contribution in [-0.4, -0.2) is 46.1 Å². The number of imidazole rings is 1. The fraction of sp³-hybridized carbons (Fsp3) is 0.318. The summed E-state index contributed by atoms with van der Waals surface area (Å²) in [6.07, 6.45) is 5.54. The van der Waals surface area contributed by atoms with E-state index in [0.29, 0.717) is 13.1 Å². The fourth-order valence-electron chi connectivity index (χ4n) is 3.07. The third-order valence-electron chi connectivity index (χ3n) is 4.59. The van der Waals surface area contributed by atoms with Crippen LogP contribution in [0, 0.1) is 6.92 Å². The zero-order valence-electron chi connectivity index (χ0n) is 17.9. The molecule has 1 aromatic carbocycles. The molecule has 0 aliphatic heterocycles. The average molecular weight is 520 g/mol. The molecule has 0 saturated carbocycles. The minimum atomic E-state index is 0. The Morgan fingerprint density at radius 1 is 1.20 bits per heavy atom. The monoisotopic (exact) mass is 520 g/mol. The van der Waals surface area contributed by atoms with Crippen molar-refractivity contribution in [3.63, 3.8) is 0 Å². The van der Waals surface area contributed by atoms with Crippen molar-refractivity contribution >= 4 is 29.9 Å². The summed E-state index contributed by atoms with van der Waals surface area (Å²) in [6, 6.07) is 12.1. The van der Waals surface area contributed by atoms with Gasteiger partial charge in [-0.25, -0.2) is 15.0 Å². The molecule has 0 unspecified atom stereocenters. The van der Waals surface area contributed by atoms with Gasteiger partial charge in [0, 0.05) is 44.3 Å². The highest BCUT2D eigenvalue weighted by Crippen LogP contribution is 2.19. The minimum Gasteiger partial charge on any atom is -0.496 e. The van der Waals surface area contributed by atoms with Gasteiger partial charge in [0.1, 0.15) is 17.4 Å². The van der Waals surface area contributed by atoms with Crippen LogP contribution in [-0.2, 0) is 13.1 Å². The van der Waals surface area contributed by atoms with Gasteiger partial charge in [0.15, 0.2) is 5.96 Å². The number of hydrogen-bond acceptors (Lipinski definition) is 4. The molecule has 8 heteroatoms. The topological polar surface area (TPSA) is 67.6 Å². The lowest BCUT2D eigenvalue weighted by atomic mass is 10.2. The molecule has 0 atom stereocenters. The molecule has 0 bridgehead atoms. The van der Waals surface area contributed by atoms with Crippen molar-refractivity contribution in [3.8, 4) is 11.6 Å². The smallest absolute Gasteiger partial charge is 0.194 e. The van der Waals surface area contributed by atoms with Crippen molar-refractivity contribution < 1.29 is 4.74 Å². The highest BCUT2D eigenvalue weighted by Gasteiger charge is 2.10. The summed E-state index contributed by atoms with van der Waals surface area (Å²) in [5.74, 6) is 3.49. The maximum Gasteiger partial charge on any atom is 0.194 e. The number of aromatic nitrogens is 3. The van der Waals surface area contributed by atoms with Gasteiger partial charge in [0.25, 0.3) is 0 Å². The number of pyridine rings is 1. The summed E-state index contributed by atoms with van der Waals surface area (Å²) >= 11 is 0. The molecule has 7 nitrogen and oxygen atoms in total. The average Bonchev–Trinajstić information content (AvgIpc) is 3.17. The molecule has 0 aliphatic rings. The second kappa shape index (κ2) is 11.5. The van der Waals surface area contributed by atoms with Crippen molar-refractivity contribution in [2.24, 2.45) is 4.99 Å². The lowest BCUT2D eigenvalue weighted by molar-refractivity contribution is 0.396. The second-order valence-corrected chi connectivity index (χ2v) is 6.71. The van der Waals surface area contributed by atoms with Crippen LogP contribution >= 0.6 is 24.0 Å². The van der Waals surface area contributed by atoms with E-state index < -0.39 is 0 Å². The number of hydrogen-bond donors (Lipinski definition) is 1. The van der Waals surface area contributed by atoms with Crippen LogP contribution in [0.3, 0.4) is 0 Å². The molecule has 1 N–H and O–H groups in total. The van der Waals surface area contributed by atoms with Crippen LogP contribution in [0.1, 0.15) is 23.9 Å². The number of halogens is 1. The molecule has 160 valence electrons. The summed E-state index contributed by atoms with van der Waals surface area (Å²) in [5.41, 5.74) is 2.16. The first-order valence-electron chi connectivity index (χ1n) is 9.69. The summed E-state index contributed by atoms with van der Waals surface area (Å²) in [5, 5.41) is 3.35. The number of ether oxygens (including phenoxy) is 1. The zero-order chi connectivity index (χ0) is 20.6. The van der Waals surface area contributed by atoms with E-state index in [1.165, 1.54) is 0 Å². The van der Waals surface area contributed by atoms with Crippen molar-refractivity contribution in [2.45, 2.75) is 26.9 Å². The first-order chi connectivity index (χ1) is 14.1. The lowest BCUT2D eigenvalue weighted by Gasteiger charge is -2.23.